The SMILES string of the molecule is Cc1cc(Br)ccc1NC(=O)CNC(=O)COc1ccccc1C(C)(C)C. The molecule has 0 saturated heterocycles. The van der Waals surface area contributed by atoms with Gasteiger partial charge in [-0.3, -0.25) is 9.59 Å². The van der Waals surface area contributed by atoms with Crippen molar-refractivity contribution in [2.75, 3.05) is 18.5 Å². The summed E-state index contributed by atoms with van der Waals surface area (Å²) in [6, 6.07) is 13.2. The molecule has 2 amide bonds. The smallest absolute Gasteiger partial charge is 0.258 e. The van der Waals surface area contributed by atoms with Crippen LogP contribution in [0.2, 0.25) is 0 Å². The third kappa shape index (κ3) is 6.40. The third-order valence-electron chi connectivity index (χ3n) is 3.96. The van der Waals surface area contributed by atoms with E-state index in [-0.39, 0.29) is 30.4 Å². The van der Waals surface area contributed by atoms with Crippen molar-refractivity contribution in [2.24, 2.45) is 0 Å². The quantitative estimate of drug-likeness (QED) is 0.718. The van der Waals surface area contributed by atoms with E-state index in [0.29, 0.717) is 11.4 Å². The van der Waals surface area contributed by atoms with Gasteiger partial charge in [0.15, 0.2) is 6.61 Å². The normalized spacial score (nSPS) is 11.0. The molecule has 0 radical (unpaired) electrons. The highest BCUT2D eigenvalue weighted by Gasteiger charge is 2.19. The Morgan fingerprint density at radius 3 is 2.44 bits per heavy atom. The lowest BCUT2D eigenvalue weighted by Gasteiger charge is -2.22. The standard InChI is InChI=1S/C21H25BrN2O3/c1-14-11-15(22)9-10-17(14)24-19(25)12-23-20(26)13-27-18-8-6-5-7-16(18)21(2,3)4/h5-11H,12-13H2,1-4H3,(H,23,26)(H,24,25). The maximum absolute atomic E-state index is 12.0. The number of ether oxygens (including phenoxy) is 1. The minimum atomic E-state index is -0.346. The van der Waals surface area contributed by atoms with Gasteiger partial charge in [-0.1, -0.05) is 54.9 Å². The molecule has 144 valence electrons. The van der Waals surface area contributed by atoms with Gasteiger partial charge in [0.2, 0.25) is 5.91 Å². The number of halogens is 1. The summed E-state index contributed by atoms with van der Waals surface area (Å²) in [5, 5.41) is 5.36. The molecule has 2 aromatic carbocycles. The number of nitrogens with one attached hydrogen (secondary N) is 2. The molecule has 0 aliphatic heterocycles. The Labute approximate surface area is 168 Å². The highest BCUT2D eigenvalue weighted by molar-refractivity contribution is 9.10. The first-order valence-corrected chi connectivity index (χ1v) is 9.51. The number of benzene rings is 2. The molecule has 2 rings (SSSR count). The average Bonchev–Trinajstić information content (AvgIpc) is 2.60. The number of anilines is 1. The zero-order chi connectivity index (χ0) is 20.0. The number of para-hydroxylation sites is 1. The Hall–Kier alpha value is -2.34. The van der Waals surface area contributed by atoms with Crippen molar-refractivity contribution in [3.05, 3.63) is 58.1 Å². The van der Waals surface area contributed by atoms with Gasteiger partial charge in [0, 0.05) is 10.2 Å². The van der Waals surface area contributed by atoms with E-state index in [0.717, 1.165) is 15.6 Å². The van der Waals surface area contributed by atoms with E-state index in [1.807, 2.05) is 49.4 Å². The fourth-order valence-electron chi connectivity index (χ4n) is 2.55. The molecule has 0 aliphatic rings. The van der Waals surface area contributed by atoms with Gasteiger partial charge in [-0.2, -0.15) is 0 Å². The molecule has 0 unspecified atom stereocenters. The number of rotatable bonds is 6. The molecule has 0 saturated carbocycles. The number of carbonyl (C=O) groups excluding carboxylic acids is 2. The molecule has 0 aromatic heterocycles. The van der Waals surface area contributed by atoms with Crippen molar-refractivity contribution in [3.8, 4) is 5.75 Å². The van der Waals surface area contributed by atoms with E-state index in [1.54, 1.807) is 0 Å². The van der Waals surface area contributed by atoms with Gasteiger partial charge >= 0.3 is 0 Å². The summed E-state index contributed by atoms with van der Waals surface area (Å²) in [6.07, 6.45) is 0. The van der Waals surface area contributed by atoms with Crippen molar-refractivity contribution in [1.82, 2.24) is 5.32 Å². The summed E-state index contributed by atoms with van der Waals surface area (Å²) in [4.78, 5) is 24.1. The van der Waals surface area contributed by atoms with Gasteiger partial charge in [0.25, 0.3) is 5.91 Å². The molecule has 0 aliphatic carbocycles. The van der Waals surface area contributed by atoms with E-state index in [2.05, 4.69) is 47.3 Å². The summed E-state index contributed by atoms with van der Waals surface area (Å²) >= 11 is 3.38. The molecule has 0 spiro atoms. The van der Waals surface area contributed by atoms with Crippen LogP contribution in [0.5, 0.6) is 5.75 Å². The van der Waals surface area contributed by atoms with Crippen LogP contribution in [-0.2, 0) is 15.0 Å². The molecular formula is C21H25BrN2O3. The Morgan fingerprint density at radius 1 is 1.07 bits per heavy atom. The van der Waals surface area contributed by atoms with E-state index < -0.39 is 0 Å². The van der Waals surface area contributed by atoms with Gasteiger partial charge in [0.1, 0.15) is 5.75 Å². The lowest BCUT2D eigenvalue weighted by molar-refractivity contribution is -0.125. The molecule has 0 fully saturated rings. The van der Waals surface area contributed by atoms with Crippen molar-refractivity contribution >= 4 is 33.4 Å². The van der Waals surface area contributed by atoms with Crippen LogP contribution in [0, 0.1) is 6.92 Å². The lowest BCUT2D eigenvalue weighted by Crippen LogP contribution is -2.36. The first-order valence-electron chi connectivity index (χ1n) is 8.72. The summed E-state index contributed by atoms with van der Waals surface area (Å²) in [5.74, 6) is 0.0420. The Bertz CT molecular complexity index is 828. The minimum absolute atomic E-state index is 0.0878. The van der Waals surface area contributed by atoms with Crippen LogP contribution in [0.3, 0.4) is 0 Å². The highest BCUT2D eigenvalue weighted by atomic mass is 79.9. The summed E-state index contributed by atoms with van der Waals surface area (Å²) in [7, 11) is 0. The molecule has 27 heavy (non-hydrogen) atoms. The zero-order valence-corrected chi connectivity index (χ0v) is 17.6. The second-order valence-corrected chi connectivity index (χ2v) is 8.23. The van der Waals surface area contributed by atoms with Gasteiger partial charge in [-0.05, 0) is 47.7 Å². The van der Waals surface area contributed by atoms with Gasteiger partial charge in [-0.15, -0.1) is 0 Å². The van der Waals surface area contributed by atoms with Crippen LogP contribution >= 0.6 is 15.9 Å². The Kier molecular flexibility index (Phi) is 7.02. The summed E-state index contributed by atoms with van der Waals surface area (Å²) in [5.41, 5.74) is 2.59. The molecule has 2 aromatic rings. The second kappa shape index (κ2) is 9.04. The van der Waals surface area contributed by atoms with Crippen LogP contribution in [0.25, 0.3) is 0 Å². The van der Waals surface area contributed by atoms with E-state index in [4.69, 9.17) is 4.74 Å². The first kappa shape index (κ1) is 21.0. The molecule has 0 bridgehead atoms. The van der Waals surface area contributed by atoms with Crippen LogP contribution < -0.4 is 15.4 Å². The van der Waals surface area contributed by atoms with Crippen LogP contribution in [0.1, 0.15) is 31.9 Å². The van der Waals surface area contributed by atoms with Crippen molar-refractivity contribution < 1.29 is 14.3 Å². The lowest BCUT2D eigenvalue weighted by atomic mass is 9.86. The van der Waals surface area contributed by atoms with Crippen molar-refractivity contribution in [3.63, 3.8) is 0 Å². The number of hydrogen-bond acceptors (Lipinski definition) is 3. The van der Waals surface area contributed by atoms with E-state index >= 15 is 0 Å². The highest BCUT2D eigenvalue weighted by Crippen LogP contribution is 2.30. The predicted molar refractivity (Wildman–Crippen MR) is 111 cm³/mol. The zero-order valence-electron chi connectivity index (χ0n) is 16.1. The number of carbonyl (C=O) groups is 2. The van der Waals surface area contributed by atoms with Gasteiger partial charge in [-0.25, -0.2) is 0 Å². The summed E-state index contributed by atoms with van der Waals surface area (Å²) in [6.45, 7) is 7.91. The molecular weight excluding hydrogens is 408 g/mol. The Morgan fingerprint density at radius 2 is 1.78 bits per heavy atom. The fraction of sp³-hybridized carbons (Fsp3) is 0.333. The largest absolute Gasteiger partial charge is 0.483 e. The predicted octanol–water partition coefficient (Wildman–Crippen LogP) is 4.19. The molecule has 0 atom stereocenters. The van der Waals surface area contributed by atoms with Crippen molar-refractivity contribution in [2.45, 2.75) is 33.1 Å². The second-order valence-electron chi connectivity index (χ2n) is 7.32. The first-order chi connectivity index (χ1) is 12.7. The summed E-state index contributed by atoms with van der Waals surface area (Å²) < 4.78 is 6.60. The van der Waals surface area contributed by atoms with Crippen LogP contribution in [-0.4, -0.2) is 25.0 Å². The van der Waals surface area contributed by atoms with Crippen LogP contribution in [0.4, 0.5) is 5.69 Å². The van der Waals surface area contributed by atoms with Crippen LogP contribution in [0.15, 0.2) is 46.9 Å². The molecule has 2 N–H and O–H groups in total. The molecule has 5 nitrogen and oxygen atoms in total. The average molecular weight is 433 g/mol. The topological polar surface area (TPSA) is 67.4 Å². The van der Waals surface area contributed by atoms with Crippen molar-refractivity contribution in [1.29, 1.82) is 0 Å². The van der Waals surface area contributed by atoms with E-state index in [9.17, 15) is 9.59 Å². The van der Waals surface area contributed by atoms with E-state index in [1.165, 1.54) is 0 Å². The third-order valence-corrected chi connectivity index (χ3v) is 4.46. The van der Waals surface area contributed by atoms with Gasteiger partial charge < -0.3 is 15.4 Å². The maximum atomic E-state index is 12.0. The fourth-order valence-corrected chi connectivity index (χ4v) is 3.02. The Balaban J connectivity index is 1.84. The molecule has 6 heteroatoms. The van der Waals surface area contributed by atoms with Gasteiger partial charge in [0.05, 0.1) is 6.54 Å². The monoisotopic (exact) mass is 432 g/mol. The number of amides is 2. The number of hydrogen-bond donors (Lipinski definition) is 2. The minimum Gasteiger partial charge on any atom is -0.483 e. The maximum Gasteiger partial charge on any atom is 0.258 e. The molecule has 0 heterocycles. The number of aryl methyl sites for hydroxylation is 1.